The number of nitrogens with zero attached hydrogens (tertiary/aromatic N) is 1. The second-order valence-corrected chi connectivity index (χ2v) is 6.75. The van der Waals surface area contributed by atoms with E-state index in [-0.39, 0.29) is 18.3 Å². The van der Waals surface area contributed by atoms with Gasteiger partial charge in [-0.05, 0) is 46.2 Å². The lowest BCUT2D eigenvalue weighted by molar-refractivity contribution is 0.00578. The van der Waals surface area contributed by atoms with E-state index in [2.05, 4.69) is 70.6 Å². The molecular formula is C16H22BNO2. The molecule has 0 bridgehead atoms. The van der Waals surface area contributed by atoms with E-state index in [9.17, 15) is 0 Å². The van der Waals surface area contributed by atoms with Crippen LogP contribution in [0, 0.1) is 6.92 Å². The van der Waals surface area contributed by atoms with Crippen LogP contribution in [0.3, 0.4) is 0 Å². The third-order valence-electron chi connectivity index (χ3n) is 4.76. The second-order valence-electron chi connectivity index (χ2n) is 6.75. The van der Waals surface area contributed by atoms with Gasteiger partial charge in [0.15, 0.2) is 0 Å². The van der Waals surface area contributed by atoms with Gasteiger partial charge in [0.1, 0.15) is 0 Å². The highest BCUT2D eigenvalue weighted by molar-refractivity contribution is 6.65. The lowest BCUT2D eigenvalue weighted by atomic mass is 9.78. The molecule has 20 heavy (non-hydrogen) atoms. The summed E-state index contributed by atoms with van der Waals surface area (Å²) in [6.45, 7) is 10.5. The predicted octanol–water partition coefficient (Wildman–Crippen LogP) is 2.79. The summed E-state index contributed by atoms with van der Waals surface area (Å²) in [6, 6.07) is 6.36. The fourth-order valence-electron chi connectivity index (χ4n) is 2.81. The molecule has 2 heterocycles. The minimum Gasteiger partial charge on any atom is -0.399 e. The maximum absolute atomic E-state index is 6.19. The van der Waals surface area contributed by atoms with Crippen LogP contribution < -0.4 is 5.46 Å². The first-order valence-electron chi connectivity index (χ1n) is 7.13. The van der Waals surface area contributed by atoms with Gasteiger partial charge >= 0.3 is 7.12 Å². The molecular weight excluding hydrogens is 249 g/mol. The molecule has 1 aliphatic rings. The van der Waals surface area contributed by atoms with Gasteiger partial charge < -0.3 is 13.9 Å². The van der Waals surface area contributed by atoms with Crippen molar-refractivity contribution < 1.29 is 9.31 Å². The number of aryl methyl sites for hydroxylation is 2. The van der Waals surface area contributed by atoms with Gasteiger partial charge in [-0.3, -0.25) is 0 Å². The monoisotopic (exact) mass is 271 g/mol. The fourth-order valence-corrected chi connectivity index (χ4v) is 2.81. The number of benzene rings is 1. The highest BCUT2D eigenvalue weighted by Gasteiger charge is 2.52. The van der Waals surface area contributed by atoms with E-state index in [1.54, 1.807) is 0 Å². The molecule has 1 aliphatic heterocycles. The SMILES string of the molecule is Cc1cccc2c1c(B1OC(C)(C)C(C)(C)O1)cn2C. The maximum Gasteiger partial charge on any atom is 0.497 e. The number of fused-ring (bicyclic) bond motifs is 1. The van der Waals surface area contributed by atoms with Crippen molar-refractivity contribution in [2.24, 2.45) is 7.05 Å². The molecule has 0 saturated carbocycles. The Balaban J connectivity index is 2.13. The van der Waals surface area contributed by atoms with E-state index >= 15 is 0 Å². The van der Waals surface area contributed by atoms with Crippen LogP contribution in [0.15, 0.2) is 24.4 Å². The number of aromatic nitrogens is 1. The molecule has 0 atom stereocenters. The summed E-state index contributed by atoms with van der Waals surface area (Å²) >= 11 is 0. The highest BCUT2D eigenvalue weighted by Crippen LogP contribution is 2.37. The third-order valence-corrected chi connectivity index (χ3v) is 4.76. The molecule has 3 nitrogen and oxygen atoms in total. The van der Waals surface area contributed by atoms with Crippen LogP contribution in [0.25, 0.3) is 10.9 Å². The molecule has 2 aromatic rings. The van der Waals surface area contributed by atoms with Gasteiger partial charge in [-0.2, -0.15) is 0 Å². The van der Waals surface area contributed by atoms with Crippen molar-refractivity contribution in [1.29, 1.82) is 0 Å². The molecule has 0 aliphatic carbocycles. The molecule has 1 fully saturated rings. The molecule has 0 spiro atoms. The summed E-state index contributed by atoms with van der Waals surface area (Å²) in [7, 11) is 1.76. The van der Waals surface area contributed by atoms with Gasteiger partial charge in [-0.1, -0.05) is 12.1 Å². The van der Waals surface area contributed by atoms with Crippen molar-refractivity contribution in [3.8, 4) is 0 Å². The van der Waals surface area contributed by atoms with Gasteiger partial charge in [0.05, 0.1) is 11.2 Å². The Labute approximate surface area is 121 Å². The van der Waals surface area contributed by atoms with Gasteiger partial charge in [-0.15, -0.1) is 0 Å². The largest absolute Gasteiger partial charge is 0.497 e. The van der Waals surface area contributed by atoms with Crippen LogP contribution in [-0.4, -0.2) is 22.9 Å². The van der Waals surface area contributed by atoms with Crippen LogP contribution in [0.5, 0.6) is 0 Å². The van der Waals surface area contributed by atoms with Gasteiger partial charge in [0.25, 0.3) is 0 Å². The zero-order valence-electron chi connectivity index (χ0n) is 13.2. The molecule has 106 valence electrons. The molecule has 0 N–H and O–H groups in total. The number of hydrogen-bond donors (Lipinski definition) is 0. The summed E-state index contributed by atoms with van der Waals surface area (Å²) in [4.78, 5) is 0. The lowest BCUT2D eigenvalue weighted by Crippen LogP contribution is -2.41. The Hall–Kier alpha value is -1.26. The Kier molecular flexibility index (Phi) is 2.83. The summed E-state index contributed by atoms with van der Waals surface area (Å²) < 4.78 is 14.5. The topological polar surface area (TPSA) is 23.4 Å². The molecule has 1 saturated heterocycles. The van der Waals surface area contributed by atoms with E-state index in [0.29, 0.717) is 0 Å². The summed E-state index contributed by atoms with van der Waals surface area (Å²) in [5.41, 5.74) is 2.99. The van der Waals surface area contributed by atoms with E-state index in [4.69, 9.17) is 9.31 Å². The molecule has 1 aromatic carbocycles. The van der Waals surface area contributed by atoms with Crippen molar-refractivity contribution in [3.63, 3.8) is 0 Å². The van der Waals surface area contributed by atoms with Gasteiger partial charge in [0.2, 0.25) is 0 Å². The lowest BCUT2D eigenvalue weighted by Gasteiger charge is -2.32. The summed E-state index contributed by atoms with van der Waals surface area (Å²) in [5.74, 6) is 0. The Morgan fingerprint density at radius 1 is 1.05 bits per heavy atom. The molecule has 0 amide bonds. The molecule has 0 unspecified atom stereocenters. The summed E-state index contributed by atoms with van der Waals surface area (Å²) in [6.07, 6.45) is 2.12. The minimum atomic E-state index is -0.303. The average molecular weight is 271 g/mol. The van der Waals surface area contributed by atoms with E-state index in [0.717, 1.165) is 5.46 Å². The van der Waals surface area contributed by atoms with Crippen LogP contribution in [0.1, 0.15) is 33.3 Å². The van der Waals surface area contributed by atoms with Crippen LogP contribution in [0.4, 0.5) is 0 Å². The van der Waals surface area contributed by atoms with Crippen molar-refractivity contribution in [2.75, 3.05) is 0 Å². The first kappa shape index (κ1) is 13.7. The van der Waals surface area contributed by atoms with E-state index < -0.39 is 0 Å². The summed E-state index contributed by atoms with van der Waals surface area (Å²) in [5, 5.41) is 1.24. The number of rotatable bonds is 1. The Bertz CT molecular complexity index is 656. The first-order valence-corrected chi connectivity index (χ1v) is 7.13. The fraction of sp³-hybridized carbons (Fsp3) is 0.500. The first-order chi connectivity index (χ1) is 9.23. The van der Waals surface area contributed by atoms with E-state index in [1.807, 2.05) is 0 Å². The standard InChI is InChI=1S/C16H22BNO2/c1-11-8-7-9-13-14(11)12(10-18(13)6)17-19-15(2,3)16(4,5)20-17/h7-10H,1-6H3. The zero-order valence-corrected chi connectivity index (χ0v) is 13.2. The predicted molar refractivity (Wildman–Crippen MR) is 83.4 cm³/mol. The molecule has 3 rings (SSSR count). The maximum atomic E-state index is 6.19. The Morgan fingerprint density at radius 2 is 1.65 bits per heavy atom. The third kappa shape index (κ3) is 1.82. The second kappa shape index (κ2) is 4.12. The minimum absolute atomic E-state index is 0.301. The number of hydrogen-bond acceptors (Lipinski definition) is 2. The van der Waals surface area contributed by atoms with Crippen LogP contribution in [-0.2, 0) is 16.4 Å². The smallest absolute Gasteiger partial charge is 0.399 e. The quantitative estimate of drug-likeness (QED) is 0.744. The van der Waals surface area contributed by atoms with Crippen molar-refractivity contribution >= 4 is 23.5 Å². The highest BCUT2D eigenvalue weighted by atomic mass is 16.7. The van der Waals surface area contributed by atoms with Crippen molar-refractivity contribution in [2.45, 2.75) is 45.8 Å². The van der Waals surface area contributed by atoms with Crippen molar-refractivity contribution in [3.05, 3.63) is 30.0 Å². The normalized spacial score (nSPS) is 20.8. The zero-order chi connectivity index (χ0) is 14.7. The Morgan fingerprint density at radius 3 is 2.25 bits per heavy atom. The van der Waals surface area contributed by atoms with Gasteiger partial charge in [-0.25, -0.2) is 0 Å². The van der Waals surface area contributed by atoms with Gasteiger partial charge in [0, 0.05) is 29.6 Å². The molecule has 4 heteroatoms. The van der Waals surface area contributed by atoms with Crippen molar-refractivity contribution in [1.82, 2.24) is 4.57 Å². The molecule has 1 aromatic heterocycles. The van der Waals surface area contributed by atoms with Crippen LogP contribution >= 0.6 is 0 Å². The van der Waals surface area contributed by atoms with Crippen LogP contribution in [0.2, 0.25) is 0 Å². The average Bonchev–Trinajstić information content (AvgIpc) is 2.76. The van der Waals surface area contributed by atoms with E-state index in [1.165, 1.54) is 16.5 Å². The molecule has 0 radical (unpaired) electrons.